The SMILES string of the molecule is CC1C=CC(n2c3ccccc3c3cc(-c4ccc5c(c4)c4c(-c6cccc7c6oc6ccc(-c8nc(-c9ccccc9)nc(-c9ccccc9)n8)cc67)cccc4n5-c4ccccc4)ccc32)=CC1. The molecule has 0 bridgehead atoms. The van der Waals surface area contributed by atoms with Crippen LogP contribution in [0.1, 0.15) is 13.3 Å². The number of para-hydroxylation sites is 3. The molecular weight excluding hydrogens is 855 g/mol. The summed E-state index contributed by atoms with van der Waals surface area (Å²) in [7, 11) is 0. The highest BCUT2D eigenvalue weighted by molar-refractivity contribution is 6.20. The Bertz CT molecular complexity index is 4210. The Morgan fingerprint density at radius 3 is 1.70 bits per heavy atom. The van der Waals surface area contributed by atoms with Crippen LogP contribution in [0.25, 0.3) is 133 Å². The van der Waals surface area contributed by atoms with E-state index in [0.717, 1.165) is 78.5 Å². The van der Waals surface area contributed by atoms with E-state index in [0.29, 0.717) is 23.4 Å². The van der Waals surface area contributed by atoms with Gasteiger partial charge >= 0.3 is 0 Å². The van der Waals surface area contributed by atoms with Gasteiger partial charge in [0.2, 0.25) is 0 Å². The van der Waals surface area contributed by atoms with Gasteiger partial charge in [-0.2, -0.15) is 0 Å². The molecule has 0 N–H and O–H groups in total. The van der Waals surface area contributed by atoms with Crippen molar-refractivity contribution in [1.29, 1.82) is 0 Å². The molecule has 1 unspecified atom stereocenters. The highest BCUT2D eigenvalue weighted by atomic mass is 16.3. The van der Waals surface area contributed by atoms with Crippen molar-refractivity contribution in [2.45, 2.75) is 13.3 Å². The summed E-state index contributed by atoms with van der Waals surface area (Å²) in [5, 5.41) is 6.88. The Hall–Kier alpha value is -9.13. The van der Waals surface area contributed by atoms with E-state index in [1.807, 2.05) is 66.7 Å². The fourth-order valence-electron chi connectivity index (χ4n) is 10.7. The van der Waals surface area contributed by atoms with Crippen molar-refractivity contribution in [2.75, 3.05) is 0 Å². The van der Waals surface area contributed by atoms with Gasteiger partial charge in [-0.25, -0.2) is 15.0 Å². The van der Waals surface area contributed by atoms with Crippen molar-refractivity contribution >= 4 is 71.2 Å². The highest BCUT2D eigenvalue weighted by Crippen LogP contribution is 2.45. The van der Waals surface area contributed by atoms with Gasteiger partial charge in [-0.1, -0.05) is 159 Å². The third-order valence-corrected chi connectivity index (χ3v) is 14.1. The molecule has 0 radical (unpaired) electrons. The van der Waals surface area contributed by atoms with Gasteiger partial charge in [0.05, 0.1) is 22.1 Å². The normalized spacial score (nSPS) is 13.9. The molecule has 0 fully saturated rings. The molecule has 14 rings (SSSR count). The molecule has 0 saturated heterocycles. The van der Waals surface area contributed by atoms with Gasteiger partial charge in [0.1, 0.15) is 11.2 Å². The summed E-state index contributed by atoms with van der Waals surface area (Å²) in [5.41, 5.74) is 15.9. The fraction of sp³-hybridized carbons (Fsp3) is 0.0469. The summed E-state index contributed by atoms with van der Waals surface area (Å²) in [6.45, 7) is 2.27. The van der Waals surface area contributed by atoms with Gasteiger partial charge < -0.3 is 13.6 Å². The van der Waals surface area contributed by atoms with Crippen LogP contribution in [0.4, 0.5) is 0 Å². The summed E-state index contributed by atoms with van der Waals surface area (Å²) in [4.78, 5) is 15.0. The standard InChI is InChI=1S/C64H43N5O/c1-40-27-32-47(33-28-40)68-55-25-12-11-21-48(55)52-37-43(29-34-56(52)68)44-30-35-57-54(38-44)60-49(22-14-26-58(60)69(57)46-19-9-4-10-20-46)50-23-13-24-51-53-39-45(31-36-59(53)70-61(50)51)64-66-62(41-15-5-2-6-16-41)65-63(67-64)42-17-7-3-8-18-42/h2-27,29-40H,28H2,1H3. The van der Waals surface area contributed by atoms with Crippen LogP contribution in [-0.2, 0) is 0 Å². The van der Waals surface area contributed by atoms with Crippen LogP contribution in [-0.4, -0.2) is 24.1 Å². The van der Waals surface area contributed by atoms with E-state index in [2.05, 4.69) is 174 Å². The second kappa shape index (κ2) is 16.0. The van der Waals surface area contributed by atoms with Gasteiger partial charge in [-0.15, -0.1) is 0 Å². The average molecular weight is 898 g/mol. The number of hydrogen-bond donors (Lipinski definition) is 0. The number of benzene rings is 9. The third-order valence-electron chi connectivity index (χ3n) is 14.1. The van der Waals surface area contributed by atoms with E-state index in [-0.39, 0.29) is 0 Å². The maximum atomic E-state index is 6.92. The highest BCUT2D eigenvalue weighted by Gasteiger charge is 2.22. The number of fused-ring (bicyclic) bond motifs is 9. The van der Waals surface area contributed by atoms with Crippen LogP contribution < -0.4 is 0 Å². The van der Waals surface area contributed by atoms with Crippen molar-refractivity contribution in [2.24, 2.45) is 5.92 Å². The van der Waals surface area contributed by atoms with E-state index >= 15 is 0 Å². The zero-order valence-corrected chi connectivity index (χ0v) is 38.3. The van der Waals surface area contributed by atoms with Crippen molar-refractivity contribution in [3.05, 3.63) is 224 Å². The lowest BCUT2D eigenvalue weighted by Gasteiger charge is -2.15. The van der Waals surface area contributed by atoms with Gasteiger partial charge in [-0.3, -0.25) is 0 Å². The van der Waals surface area contributed by atoms with Crippen LogP contribution >= 0.6 is 0 Å². The maximum absolute atomic E-state index is 6.92. The molecule has 1 aliphatic rings. The molecule has 4 aromatic heterocycles. The summed E-state index contributed by atoms with van der Waals surface area (Å²) in [6, 6.07) is 73.1. The number of hydrogen-bond acceptors (Lipinski definition) is 4. The molecule has 6 nitrogen and oxygen atoms in total. The van der Waals surface area contributed by atoms with E-state index in [1.165, 1.54) is 43.8 Å². The smallest absolute Gasteiger partial charge is 0.164 e. The predicted molar refractivity (Wildman–Crippen MR) is 289 cm³/mol. The van der Waals surface area contributed by atoms with Crippen LogP contribution in [0.5, 0.6) is 0 Å². The molecule has 13 aromatic rings. The molecular formula is C64H43N5O. The fourth-order valence-corrected chi connectivity index (χ4v) is 10.7. The molecule has 0 saturated carbocycles. The van der Waals surface area contributed by atoms with Crippen LogP contribution in [0.15, 0.2) is 229 Å². The minimum atomic E-state index is 0.546. The molecule has 6 heteroatoms. The van der Waals surface area contributed by atoms with Gasteiger partial charge in [-0.05, 0) is 102 Å². The Kier molecular flexibility index (Phi) is 9.14. The van der Waals surface area contributed by atoms with Crippen molar-refractivity contribution in [1.82, 2.24) is 24.1 Å². The minimum Gasteiger partial charge on any atom is -0.455 e. The lowest BCUT2D eigenvalue weighted by molar-refractivity contribution is 0.670. The zero-order valence-electron chi connectivity index (χ0n) is 38.3. The van der Waals surface area contributed by atoms with Crippen molar-refractivity contribution < 1.29 is 4.42 Å². The molecule has 330 valence electrons. The zero-order chi connectivity index (χ0) is 46.3. The molecule has 9 aromatic carbocycles. The Labute approximate surface area is 403 Å². The number of rotatable bonds is 7. The van der Waals surface area contributed by atoms with Gasteiger partial charge in [0.25, 0.3) is 0 Å². The number of allylic oxidation sites excluding steroid dienone is 4. The first-order valence-electron chi connectivity index (χ1n) is 24.0. The van der Waals surface area contributed by atoms with E-state index < -0.39 is 0 Å². The molecule has 1 atom stereocenters. The largest absolute Gasteiger partial charge is 0.455 e. The maximum Gasteiger partial charge on any atom is 0.164 e. The van der Waals surface area contributed by atoms with Crippen molar-refractivity contribution in [3.8, 4) is 62.1 Å². The first-order valence-corrected chi connectivity index (χ1v) is 24.0. The molecule has 0 amide bonds. The number of aromatic nitrogens is 5. The van der Waals surface area contributed by atoms with Gasteiger partial charge in [0.15, 0.2) is 17.5 Å². The first-order chi connectivity index (χ1) is 34.6. The summed E-state index contributed by atoms with van der Waals surface area (Å²) in [6.07, 6.45) is 8.02. The van der Waals surface area contributed by atoms with Gasteiger partial charge in [0, 0.05) is 66.0 Å². The Morgan fingerprint density at radius 1 is 0.429 bits per heavy atom. The third kappa shape index (κ3) is 6.45. The quantitative estimate of drug-likeness (QED) is 0.160. The predicted octanol–water partition coefficient (Wildman–Crippen LogP) is 16.7. The molecule has 4 heterocycles. The molecule has 70 heavy (non-hydrogen) atoms. The summed E-state index contributed by atoms with van der Waals surface area (Å²) in [5.74, 6) is 2.41. The van der Waals surface area contributed by atoms with Crippen molar-refractivity contribution in [3.63, 3.8) is 0 Å². The monoisotopic (exact) mass is 897 g/mol. The Balaban J connectivity index is 0.942. The Morgan fingerprint density at radius 2 is 0.986 bits per heavy atom. The van der Waals surface area contributed by atoms with E-state index in [4.69, 9.17) is 19.4 Å². The molecule has 1 aliphatic carbocycles. The van der Waals surface area contributed by atoms with E-state index in [1.54, 1.807) is 0 Å². The second-order valence-corrected chi connectivity index (χ2v) is 18.4. The van der Waals surface area contributed by atoms with Crippen LogP contribution in [0.3, 0.4) is 0 Å². The molecule has 0 spiro atoms. The van der Waals surface area contributed by atoms with Crippen LogP contribution in [0, 0.1) is 5.92 Å². The summed E-state index contributed by atoms with van der Waals surface area (Å²) < 4.78 is 11.7. The molecule has 0 aliphatic heterocycles. The lowest BCUT2D eigenvalue weighted by atomic mass is 9.95. The number of nitrogens with zero attached hydrogens (tertiary/aromatic N) is 5. The van der Waals surface area contributed by atoms with Crippen LogP contribution in [0.2, 0.25) is 0 Å². The second-order valence-electron chi connectivity index (χ2n) is 18.4. The first kappa shape index (κ1) is 40.0. The topological polar surface area (TPSA) is 61.7 Å². The minimum absolute atomic E-state index is 0.546. The number of furan rings is 1. The summed E-state index contributed by atoms with van der Waals surface area (Å²) >= 11 is 0. The average Bonchev–Trinajstić information content (AvgIpc) is 4.09. The lowest BCUT2D eigenvalue weighted by Crippen LogP contribution is -2.00. The van der Waals surface area contributed by atoms with E-state index in [9.17, 15) is 0 Å².